The van der Waals surface area contributed by atoms with Gasteiger partial charge in [-0.05, 0) is 31.5 Å². The summed E-state index contributed by atoms with van der Waals surface area (Å²) in [5.74, 6) is 0.430. The van der Waals surface area contributed by atoms with Crippen molar-refractivity contribution in [1.29, 1.82) is 0 Å². The second kappa shape index (κ2) is 6.36. The molecule has 114 valence electrons. The zero-order valence-corrected chi connectivity index (χ0v) is 12.2. The molecule has 21 heavy (non-hydrogen) atoms. The molecule has 0 bridgehead atoms. The van der Waals surface area contributed by atoms with Crippen molar-refractivity contribution in [3.8, 4) is 0 Å². The molecule has 3 heterocycles. The molecule has 3 rings (SSSR count). The van der Waals surface area contributed by atoms with E-state index in [1.54, 1.807) is 19.2 Å². The van der Waals surface area contributed by atoms with Crippen LogP contribution >= 0.6 is 0 Å². The third kappa shape index (κ3) is 3.30. The summed E-state index contributed by atoms with van der Waals surface area (Å²) in [7, 11) is 1.76. The molecule has 2 aliphatic rings. The van der Waals surface area contributed by atoms with Crippen LogP contribution in [0.25, 0.3) is 0 Å². The van der Waals surface area contributed by atoms with E-state index in [1.165, 1.54) is 12.8 Å². The van der Waals surface area contributed by atoms with Gasteiger partial charge in [0.1, 0.15) is 5.82 Å². The zero-order valence-electron chi connectivity index (χ0n) is 12.2. The van der Waals surface area contributed by atoms with Crippen LogP contribution in [0.1, 0.15) is 23.3 Å². The SMILES string of the molecule is CNc1ccc(C(=O)NCC2CN3CCCC3CO2)nn1. The highest BCUT2D eigenvalue weighted by Crippen LogP contribution is 2.22. The van der Waals surface area contributed by atoms with E-state index in [4.69, 9.17) is 4.74 Å². The Hall–Kier alpha value is -1.73. The van der Waals surface area contributed by atoms with Crippen LogP contribution in [-0.2, 0) is 4.74 Å². The lowest BCUT2D eigenvalue weighted by atomic mass is 10.2. The van der Waals surface area contributed by atoms with Gasteiger partial charge in [-0.3, -0.25) is 9.69 Å². The maximum atomic E-state index is 12.0. The third-order valence-corrected chi connectivity index (χ3v) is 4.11. The third-order valence-electron chi connectivity index (χ3n) is 4.11. The van der Waals surface area contributed by atoms with E-state index < -0.39 is 0 Å². The molecule has 0 spiro atoms. The summed E-state index contributed by atoms with van der Waals surface area (Å²) < 4.78 is 5.81. The summed E-state index contributed by atoms with van der Waals surface area (Å²) in [6.45, 7) is 3.33. The molecule has 2 N–H and O–H groups in total. The van der Waals surface area contributed by atoms with E-state index in [0.29, 0.717) is 24.1 Å². The summed E-state index contributed by atoms with van der Waals surface area (Å²) in [5, 5.41) is 13.5. The van der Waals surface area contributed by atoms with E-state index in [2.05, 4.69) is 25.7 Å². The second-order valence-corrected chi connectivity index (χ2v) is 5.51. The zero-order chi connectivity index (χ0) is 14.7. The minimum atomic E-state index is -0.211. The second-order valence-electron chi connectivity index (χ2n) is 5.51. The lowest BCUT2D eigenvalue weighted by Crippen LogP contribution is -2.50. The number of hydrogen-bond acceptors (Lipinski definition) is 6. The minimum absolute atomic E-state index is 0.0628. The molecule has 2 fully saturated rings. The number of nitrogens with zero attached hydrogens (tertiary/aromatic N) is 3. The van der Waals surface area contributed by atoms with E-state index in [-0.39, 0.29) is 12.0 Å². The number of rotatable bonds is 4. The van der Waals surface area contributed by atoms with E-state index in [1.807, 2.05) is 0 Å². The molecular formula is C14H21N5O2. The first-order valence-electron chi connectivity index (χ1n) is 7.41. The molecule has 7 nitrogen and oxygen atoms in total. The Labute approximate surface area is 124 Å². The van der Waals surface area contributed by atoms with Crippen LogP contribution in [0.4, 0.5) is 5.82 Å². The molecule has 0 radical (unpaired) electrons. The number of hydrogen-bond donors (Lipinski definition) is 2. The van der Waals surface area contributed by atoms with E-state index in [9.17, 15) is 4.79 Å². The number of fused-ring (bicyclic) bond motifs is 1. The molecule has 2 atom stereocenters. The predicted octanol–water partition coefficient (Wildman–Crippen LogP) is 0.111. The van der Waals surface area contributed by atoms with Crippen molar-refractivity contribution in [3.63, 3.8) is 0 Å². The number of ether oxygens (including phenoxy) is 1. The number of anilines is 1. The molecule has 2 unspecified atom stereocenters. The first kappa shape index (κ1) is 14.2. The number of amides is 1. The maximum Gasteiger partial charge on any atom is 0.271 e. The topological polar surface area (TPSA) is 79.4 Å². The molecule has 0 aliphatic carbocycles. The first-order valence-corrected chi connectivity index (χ1v) is 7.41. The molecule has 0 aromatic carbocycles. The molecule has 1 amide bonds. The van der Waals surface area contributed by atoms with Gasteiger partial charge in [-0.15, -0.1) is 10.2 Å². The van der Waals surface area contributed by atoms with Gasteiger partial charge >= 0.3 is 0 Å². The van der Waals surface area contributed by atoms with Crippen molar-refractivity contribution < 1.29 is 9.53 Å². The van der Waals surface area contributed by atoms with Gasteiger partial charge in [-0.25, -0.2) is 0 Å². The van der Waals surface area contributed by atoms with Gasteiger partial charge in [0.15, 0.2) is 5.69 Å². The number of morpholine rings is 1. The van der Waals surface area contributed by atoms with Crippen LogP contribution < -0.4 is 10.6 Å². The number of nitrogens with one attached hydrogen (secondary N) is 2. The maximum absolute atomic E-state index is 12.0. The molecule has 0 saturated carbocycles. The Bertz CT molecular complexity index is 493. The van der Waals surface area contributed by atoms with Crippen molar-refractivity contribution in [1.82, 2.24) is 20.4 Å². The molecule has 1 aromatic rings. The Morgan fingerprint density at radius 3 is 3.14 bits per heavy atom. The summed E-state index contributed by atoms with van der Waals surface area (Å²) >= 11 is 0. The summed E-state index contributed by atoms with van der Waals surface area (Å²) in [6, 6.07) is 3.97. The summed E-state index contributed by atoms with van der Waals surface area (Å²) in [4.78, 5) is 14.5. The van der Waals surface area contributed by atoms with Gasteiger partial charge in [0.2, 0.25) is 0 Å². The van der Waals surface area contributed by atoms with Crippen LogP contribution in [0.15, 0.2) is 12.1 Å². The monoisotopic (exact) mass is 291 g/mol. The van der Waals surface area contributed by atoms with Gasteiger partial charge in [0, 0.05) is 26.2 Å². The molecule has 1 aromatic heterocycles. The van der Waals surface area contributed by atoms with Crippen LogP contribution in [0, 0.1) is 0 Å². The Morgan fingerprint density at radius 1 is 1.48 bits per heavy atom. The van der Waals surface area contributed by atoms with Gasteiger partial charge in [0.25, 0.3) is 5.91 Å². The van der Waals surface area contributed by atoms with Crippen LogP contribution in [0.3, 0.4) is 0 Å². The van der Waals surface area contributed by atoms with Crippen molar-refractivity contribution in [2.75, 3.05) is 38.6 Å². The molecule has 7 heteroatoms. The highest BCUT2D eigenvalue weighted by molar-refractivity contribution is 5.92. The number of carbonyl (C=O) groups excluding carboxylic acids is 1. The Balaban J connectivity index is 1.49. The van der Waals surface area contributed by atoms with Crippen molar-refractivity contribution >= 4 is 11.7 Å². The lowest BCUT2D eigenvalue weighted by Gasteiger charge is -2.35. The molecule has 2 aliphatic heterocycles. The number of aromatic nitrogens is 2. The van der Waals surface area contributed by atoms with Crippen LogP contribution in [0.2, 0.25) is 0 Å². The quantitative estimate of drug-likeness (QED) is 0.820. The summed E-state index contributed by atoms with van der Waals surface area (Å²) in [6.07, 6.45) is 2.54. The molecule has 2 saturated heterocycles. The largest absolute Gasteiger partial charge is 0.373 e. The summed E-state index contributed by atoms with van der Waals surface area (Å²) in [5.41, 5.74) is 0.323. The fraction of sp³-hybridized carbons (Fsp3) is 0.643. The van der Waals surface area contributed by atoms with Crippen molar-refractivity contribution in [3.05, 3.63) is 17.8 Å². The van der Waals surface area contributed by atoms with E-state index in [0.717, 1.165) is 19.7 Å². The fourth-order valence-electron chi connectivity index (χ4n) is 2.89. The van der Waals surface area contributed by atoms with Gasteiger partial charge in [-0.2, -0.15) is 0 Å². The highest BCUT2D eigenvalue weighted by Gasteiger charge is 2.32. The van der Waals surface area contributed by atoms with Gasteiger partial charge in [-0.1, -0.05) is 0 Å². The van der Waals surface area contributed by atoms with Crippen LogP contribution in [-0.4, -0.2) is 66.4 Å². The Morgan fingerprint density at radius 2 is 2.38 bits per heavy atom. The van der Waals surface area contributed by atoms with Gasteiger partial charge < -0.3 is 15.4 Å². The van der Waals surface area contributed by atoms with Gasteiger partial charge in [0.05, 0.1) is 12.7 Å². The van der Waals surface area contributed by atoms with Crippen molar-refractivity contribution in [2.45, 2.75) is 25.0 Å². The predicted molar refractivity (Wildman–Crippen MR) is 78.2 cm³/mol. The smallest absolute Gasteiger partial charge is 0.271 e. The molecular weight excluding hydrogens is 270 g/mol. The highest BCUT2D eigenvalue weighted by atomic mass is 16.5. The van der Waals surface area contributed by atoms with Crippen LogP contribution in [0.5, 0.6) is 0 Å². The lowest BCUT2D eigenvalue weighted by molar-refractivity contribution is -0.0462. The average Bonchev–Trinajstić information content (AvgIpc) is 3.00. The fourth-order valence-corrected chi connectivity index (χ4v) is 2.89. The van der Waals surface area contributed by atoms with E-state index >= 15 is 0 Å². The number of carbonyl (C=O) groups is 1. The van der Waals surface area contributed by atoms with Crippen molar-refractivity contribution in [2.24, 2.45) is 0 Å². The Kier molecular flexibility index (Phi) is 4.31. The average molecular weight is 291 g/mol. The standard InChI is InChI=1S/C14H21N5O2/c1-15-13-5-4-12(17-18-13)14(20)16-7-11-8-19-6-2-3-10(19)9-21-11/h4-5,10-11H,2-3,6-9H2,1H3,(H,15,18)(H,16,20). The first-order chi connectivity index (χ1) is 10.3. The minimum Gasteiger partial charge on any atom is -0.373 e. The normalized spacial score (nSPS) is 25.4.